The number of alkyl halides is 3. The van der Waals surface area contributed by atoms with Crippen molar-refractivity contribution in [2.75, 3.05) is 24.0 Å². The van der Waals surface area contributed by atoms with E-state index in [0.29, 0.717) is 0 Å². The normalized spacial score (nSPS) is 12.0. The molecule has 32 heavy (non-hydrogen) atoms. The first-order valence-electron chi connectivity index (χ1n) is 8.97. The van der Waals surface area contributed by atoms with Crippen LogP contribution in [0, 0.1) is 11.3 Å². The van der Waals surface area contributed by atoms with Gasteiger partial charge in [0.2, 0.25) is 11.9 Å². The van der Waals surface area contributed by atoms with Crippen molar-refractivity contribution >= 4 is 41.1 Å². The van der Waals surface area contributed by atoms with Gasteiger partial charge >= 0.3 is 12.1 Å². The maximum atomic E-state index is 13.4. The number of anilines is 3. The van der Waals surface area contributed by atoms with Gasteiger partial charge in [-0.05, 0) is 30.9 Å². The highest BCUT2D eigenvalue weighted by Crippen LogP contribution is 2.38. The van der Waals surface area contributed by atoms with Crippen LogP contribution in [-0.4, -0.2) is 41.3 Å². The van der Waals surface area contributed by atoms with Crippen LogP contribution in [0.5, 0.6) is 0 Å². The molecule has 0 saturated heterocycles. The summed E-state index contributed by atoms with van der Waals surface area (Å²) in [4.78, 5) is 33.1. The molecule has 170 valence electrons. The van der Waals surface area contributed by atoms with E-state index in [1.807, 2.05) is 6.07 Å². The summed E-state index contributed by atoms with van der Waals surface area (Å²) in [5.41, 5.74) is 9.74. The molecule has 9 nitrogen and oxygen atoms in total. The number of carbonyl (C=O) groups excluding carboxylic acids is 2. The fourth-order valence-corrected chi connectivity index (χ4v) is 3.44. The molecule has 4 N–H and O–H groups in total. The fourth-order valence-electron chi connectivity index (χ4n) is 2.91. The van der Waals surface area contributed by atoms with E-state index in [9.17, 15) is 28.0 Å². The van der Waals surface area contributed by atoms with Crippen LogP contribution in [0.3, 0.4) is 0 Å². The Hall–Kier alpha value is -3.53. The number of hydrogen-bond donors (Lipinski definition) is 2. The Morgan fingerprint density at radius 1 is 1.34 bits per heavy atom. The zero-order valence-corrected chi connectivity index (χ0v) is 17.8. The smallest absolute Gasteiger partial charge is 0.416 e. The molecule has 0 radical (unpaired) electrons. The highest BCUT2D eigenvalue weighted by atomic mass is 32.2. The van der Waals surface area contributed by atoms with Crippen LogP contribution in [0.1, 0.15) is 24.0 Å². The van der Waals surface area contributed by atoms with Gasteiger partial charge in [0.05, 0.1) is 12.7 Å². The Balaban J connectivity index is 2.84. The Morgan fingerprint density at radius 3 is 2.56 bits per heavy atom. The van der Waals surface area contributed by atoms with E-state index < -0.39 is 29.7 Å². The van der Waals surface area contributed by atoms with Crippen molar-refractivity contribution in [3.8, 4) is 6.07 Å². The molecular formula is C19H19F3N6O3S. The van der Waals surface area contributed by atoms with Gasteiger partial charge in [-0.15, -0.1) is 11.8 Å². The van der Waals surface area contributed by atoms with Crippen molar-refractivity contribution in [2.45, 2.75) is 30.1 Å². The van der Waals surface area contributed by atoms with Crippen LogP contribution in [0.2, 0.25) is 0 Å². The number of thioether (sulfide) groups is 1. The summed E-state index contributed by atoms with van der Waals surface area (Å²) in [5.74, 6) is -2.09. The number of carbonyl (C=O) groups is 2. The number of methoxy groups -OCH3 is 1. The molecule has 13 heteroatoms. The lowest BCUT2D eigenvalue weighted by Crippen LogP contribution is -2.41. The number of aromatic nitrogens is 2. The molecular weight excluding hydrogens is 449 g/mol. The third kappa shape index (κ3) is 5.58. The molecule has 0 fully saturated rings. The summed E-state index contributed by atoms with van der Waals surface area (Å²) < 4.78 is 44.9. The van der Waals surface area contributed by atoms with Gasteiger partial charge in [0.1, 0.15) is 22.7 Å². The van der Waals surface area contributed by atoms with Crippen LogP contribution in [0.15, 0.2) is 29.3 Å². The van der Waals surface area contributed by atoms with Crippen LogP contribution in [-0.2, 0) is 20.5 Å². The molecule has 0 bridgehead atoms. The Bertz CT molecular complexity index is 1060. The fraction of sp³-hybridized carbons (Fsp3) is 0.316. The van der Waals surface area contributed by atoms with E-state index in [2.05, 4.69) is 9.97 Å². The number of nitrogen functional groups attached to an aromatic ring is 1. The molecule has 0 aliphatic carbocycles. The number of esters is 1. The first-order chi connectivity index (χ1) is 15.0. The molecule has 2 aromatic rings. The predicted molar refractivity (Wildman–Crippen MR) is 111 cm³/mol. The molecule has 0 saturated carbocycles. The quantitative estimate of drug-likeness (QED) is 0.339. The highest BCUT2D eigenvalue weighted by Gasteiger charge is 2.35. The monoisotopic (exact) mass is 468 g/mol. The first-order valence-corrected chi connectivity index (χ1v) is 10.2. The van der Waals surface area contributed by atoms with Crippen molar-refractivity contribution in [1.29, 1.82) is 5.26 Å². The number of benzene rings is 1. The topological polar surface area (TPSA) is 148 Å². The van der Waals surface area contributed by atoms with E-state index >= 15 is 0 Å². The average molecular weight is 468 g/mol. The van der Waals surface area contributed by atoms with E-state index in [1.165, 1.54) is 6.07 Å². The Labute approximate surface area is 185 Å². The molecule has 1 heterocycles. The van der Waals surface area contributed by atoms with Gasteiger partial charge in [-0.2, -0.15) is 23.4 Å². The second kappa shape index (κ2) is 10.2. The zero-order chi connectivity index (χ0) is 24.1. The van der Waals surface area contributed by atoms with Gasteiger partial charge in [-0.3, -0.25) is 4.79 Å². The lowest BCUT2D eigenvalue weighted by atomic mass is 10.1. The standard InChI is InChI=1S/C19H19F3N6O3S/c1-31-17(30)13(6-7-14(24)29)28(11-5-3-4-10(8-11)19(20,21)22)15-12(9-23)16(32-2)27-18(25)26-15/h3-5,8,13H,6-7H2,1-2H3,(H2,24,29)(H2,25,26,27)/t13-/m0/s1. The summed E-state index contributed by atoms with van der Waals surface area (Å²) >= 11 is 1.06. The number of nitrogens with zero attached hydrogens (tertiary/aromatic N) is 4. The largest absolute Gasteiger partial charge is 0.467 e. The number of amides is 1. The van der Waals surface area contributed by atoms with Crippen molar-refractivity contribution in [3.63, 3.8) is 0 Å². The summed E-state index contributed by atoms with van der Waals surface area (Å²) in [6.45, 7) is 0. The number of halogens is 3. The maximum absolute atomic E-state index is 13.4. The maximum Gasteiger partial charge on any atom is 0.416 e. The minimum Gasteiger partial charge on any atom is -0.467 e. The Morgan fingerprint density at radius 2 is 2.03 bits per heavy atom. The zero-order valence-electron chi connectivity index (χ0n) is 17.0. The van der Waals surface area contributed by atoms with Crippen LogP contribution in [0.25, 0.3) is 0 Å². The molecule has 0 aliphatic rings. The minimum absolute atomic E-state index is 0.114. The Kier molecular flexibility index (Phi) is 7.87. The molecule has 1 aromatic heterocycles. The molecule has 1 aromatic carbocycles. The second-order valence-electron chi connectivity index (χ2n) is 6.36. The van der Waals surface area contributed by atoms with Crippen LogP contribution < -0.4 is 16.4 Å². The van der Waals surface area contributed by atoms with Crippen LogP contribution in [0.4, 0.5) is 30.6 Å². The molecule has 2 rings (SSSR count). The molecule has 0 spiro atoms. The third-order valence-electron chi connectivity index (χ3n) is 4.31. The van der Waals surface area contributed by atoms with E-state index in [1.54, 1.807) is 6.26 Å². The lowest BCUT2D eigenvalue weighted by molar-refractivity contribution is -0.142. The highest BCUT2D eigenvalue weighted by molar-refractivity contribution is 7.98. The van der Waals surface area contributed by atoms with Gasteiger partial charge < -0.3 is 21.1 Å². The van der Waals surface area contributed by atoms with Gasteiger partial charge in [0.15, 0.2) is 5.82 Å². The number of ether oxygens (including phenoxy) is 1. The predicted octanol–water partition coefficient (Wildman–Crippen LogP) is 2.62. The summed E-state index contributed by atoms with van der Waals surface area (Å²) in [7, 11) is 1.08. The third-order valence-corrected chi connectivity index (χ3v) is 4.99. The molecule has 1 amide bonds. The van der Waals surface area contributed by atoms with Crippen molar-refractivity contribution in [1.82, 2.24) is 9.97 Å². The van der Waals surface area contributed by atoms with E-state index in [4.69, 9.17) is 16.2 Å². The molecule has 0 aliphatic heterocycles. The number of nitrogens with two attached hydrogens (primary N) is 2. The summed E-state index contributed by atoms with van der Waals surface area (Å²) in [6, 6.07) is 4.64. The average Bonchev–Trinajstić information content (AvgIpc) is 2.74. The van der Waals surface area contributed by atoms with Crippen LogP contribution >= 0.6 is 11.8 Å². The van der Waals surface area contributed by atoms with Gasteiger partial charge in [-0.25, -0.2) is 9.78 Å². The number of primary amides is 1. The van der Waals surface area contributed by atoms with Gasteiger partial charge in [-0.1, -0.05) is 6.07 Å². The van der Waals surface area contributed by atoms with Gasteiger partial charge in [0.25, 0.3) is 0 Å². The second-order valence-corrected chi connectivity index (χ2v) is 7.16. The van der Waals surface area contributed by atoms with Crippen molar-refractivity contribution in [2.24, 2.45) is 5.73 Å². The van der Waals surface area contributed by atoms with Crippen molar-refractivity contribution < 1.29 is 27.5 Å². The molecule has 0 unspecified atom stereocenters. The summed E-state index contributed by atoms with van der Waals surface area (Å²) in [6.07, 6.45) is -3.57. The first kappa shape index (κ1) is 24.7. The molecule has 1 atom stereocenters. The van der Waals surface area contributed by atoms with E-state index in [-0.39, 0.29) is 40.9 Å². The SMILES string of the molecule is COC(=O)[C@H](CCC(N)=O)N(c1cccc(C(F)(F)F)c1)c1nc(N)nc(SC)c1C#N. The van der Waals surface area contributed by atoms with E-state index in [0.717, 1.165) is 42.0 Å². The summed E-state index contributed by atoms with van der Waals surface area (Å²) in [5, 5.41) is 9.87. The number of nitriles is 1. The van der Waals surface area contributed by atoms with Crippen molar-refractivity contribution in [3.05, 3.63) is 35.4 Å². The minimum atomic E-state index is -4.68. The number of hydrogen-bond acceptors (Lipinski definition) is 9. The lowest BCUT2D eigenvalue weighted by Gasteiger charge is -2.32. The number of rotatable bonds is 8. The van der Waals surface area contributed by atoms with Gasteiger partial charge in [0, 0.05) is 12.1 Å².